The SMILES string of the molecule is CC1=C(N(Cc2nnc(CN(C)C(C)C)n2Cc2ccc(-c3ccc(C(F)(F)F)cc3)cc2)C(=N)SCc2ccc(F)cc2)CCC1. The maximum Gasteiger partial charge on any atom is 0.416 e. The van der Waals surface area contributed by atoms with Gasteiger partial charge in [-0.25, -0.2) is 4.39 Å². The number of hydrogen-bond acceptors (Lipinski definition) is 5. The van der Waals surface area contributed by atoms with Crippen molar-refractivity contribution in [2.45, 2.75) is 77.6 Å². The lowest BCUT2D eigenvalue weighted by Crippen LogP contribution is -2.30. The second-order valence-corrected chi connectivity index (χ2v) is 13.3. The monoisotopic (exact) mass is 664 g/mol. The van der Waals surface area contributed by atoms with E-state index >= 15 is 0 Å². The van der Waals surface area contributed by atoms with Crippen molar-refractivity contribution in [3.8, 4) is 11.1 Å². The van der Waals surface area contributed by atoms with E-state index in [4.69, 9.17) is 5.41 Å². The summed E-state index contributed by atoms with van der Waals surface area (Å²) in [5.41, 5.74) is 5.21. The Morgan fingerprint density at radius 1 is 0.872 bits per heavy atom. The van der Waals surface area contributed by atoms with E-state index in [9.17, 15) is 17.6 Å². The molecule has 0 fully saturated rings. The van der Waals surface area contributed by atoms with Crippen LogP contribution in [0.1, 0.15) is 68.4 Å². The molecule has 4 aromatic rings. The molecule has 1 aromatic heterocycles. The minimum atomic E-state index is -4.37. The molecular weight excluding hydrogens is 624 g/mol. The van der Waals surface area contributed by atoms with Crippen LogP contribution in [0.2, 0.25) is 0 Å². The van der Waals surface area contributed by atoms with Crippen molar-refractivity contribution in [3.63, 3.8) is 0 Å². The molecule has 47 heavy (non-hydrogen) atoms. The highest BCUT2D eigenvalue weighted by molar-refractivity contribution is 8.13. The van der Waals surface area contributed by atoms with Crippen LogP contribution in [0.3, 0.4) is 0 Å². The van der Waals surface area contributed by atoms with E-state index in [1.165, 1.54) is 41.6 Å². The molecule has 3 aromatic carbocycles. The number of rotatable bonds is 11. The van der Waals surface area contributed by atoms with Gasteiger partial charge in [-0.05, 0) is 93.6 Å². The fraction of sp³-hybridized carbons (Fsp3) is 0.361. The van der Waals surface area contributed by atoms with Crippen LogP contribution in [0.5, 0.6) is 0 Å². The highest BCUT2D eigenvalue weighted by atomic mass is 32.2. The normalized spacial score (nSPS) is 13.7. The van der Waals surface area contributed by atoms with Crippen molar-refractivity contribution in [1.29, 1.82) is 5.41 Å². The third kappa shape index (κ3) is 8.70. The molecule has 0 radical (unpaired) electrons. The summed E-state index contributed by atoms with van der Waals surface area (Å²) in [6, 6.07) is 19.7. The maximum absolute atomic E-state index is 13.5. The Morgan fingerprint density at radius 3 is 2.00 bits per heavy atom. The molecule has 0 aliphatic heterocycles. The van der Waals surface area contributed by atoms with Gasteiger partial charge in [0.1, 0.15) is 11.6 Å². The number of halogens is 4. The van der Waals surface area contributed by atoms with E-state index < -0.39 is 11.7 Å². The van der Waals surface area contributed by atoms with Crippen molar-refractivity contribution >= 4 is 16.9 Å². The number of nitrogens with one attached hydrogen (secondary N) is 1. The molecule has 1 heterocycles. The lowest BCUT2D eigenvalue weighted by Gasteiger charge is -2.27. The molecule has 0 unspecified atom stereocenters. The molecule has 0 amide bonds. The molecule has 0 bridgehead atoms. The fourth-order valence-corrected chi connectivity index (χ4v) is 6.34. The molecule has 0 saturated heterocycles. The topological polar surface area (TPSA) is 61.0 Å². The zero-order valence-corrected chi connectivity index (χ0v) is 27.9. The van der Waals surface area contributed by atoms with Gasteiger partial charge >= 0.3 is 6.18 Å². The summed E-state index contributed by atoms with van der Waals surface area (Å²) in [4.78, 5) is 4.24. The number of allylic oxidation sites excluding steroid dienone is 2. The smallest absolute Gasteiger partial charge is 0.318 e. The van der Waals surface area contributed by atoms with Gasteiger partial charge in [-0.2, -0.15) is 13.2 Å². The summed E-state index contributed by atoms with van der Waals surface area (Å²) < 4.78 is 54.7. The molecule has 0 spiro atoms. The van der Waals surface area contributed by atoms with Gasteiger partial charge in [-0.15, -0.1) is 10.2 Å². The summed E-state index contributed by atoms with van der Waals surface area (Å²) in [5, 5.41) is 18.8. The Balaban J connectivity index is 1.41. The van der Waals surface area contributed by atoms with Crippen LogP contribution >= 0.6 is 11.8 Å². The van der Waals surface area contributed by atoms with E-state index in [2.05, 4.69) is 40.4 Å². The van der Waals surface area contributed by atoms with Gasteiger partial charge in [0, 0.05) is 17.5 Å². The Bertz CT molecular complexity index is 1690. The van der Waals surface area contributed by atoms with E-state index in [-0.39, 0.29) is 5.82 Å². The number of benzene rings is 3. The van der Waals surface area contributed by atoms with Gasteiger partial charge in [0.25, 0.3) is 0 Å². The van der Waals surface area contributed by atoms with Gasteiger partial charge in [0.05, 0.1) is 25.2 Å². The van der Waals surface area contributed by atoms with Gasteiger partial charge < -0.3 is 9.47 Å². The van der Waals surface area contributed by atoms with Gasteiger partial charge in [-0.1, -0.05) is 65.9 Å². The van der Waals surface area contributed by atoms with Crippen LogP contribution in [-0.4, -0.2) is 42.8 Å². The molecule has 1 aliphatic carbocycles. The zero-order chi connectivity index (χ0) is 33.7. The lowest BCUT2D eigenvalue weighted by atomic mass is 10.0. The van der Waals surface area contributed by atoms with Crippen molar-refractivity contribution in [2.24, 2.45) is 0 Å². The first-order valence-corrected chi connectivity index (χ1v) is 16.7. The average Bonchev–Trinajstić information content (AvgIpc) is 3.64. The predicted octanol–water partition coefficient (Wildman–Crippen LogP) is 9.12. The minimum Gasteiger partial charge on any atom is -0.318 e. The first kappa shape index (κ1) is 34.4. The maximum atomic E-state index is 13.5. The van der Waals surface area contributed by atoms with Crippen molar-refractivity contribution in [1.82, 2.24) is 24.6 Å². The number of hydrogen-bond donors (Lipinski definition) is 1. The van der Waals surface area contributed by atoms with E-state index in [1.807, 2.05) is 36.2 Å². The molecule has 11 heteroatoms. The molecule has 5 rings (SSSR count). The van der Waals surface area contributed by atoms with E-state index in [0.717, 1.165) is 65.4 Å². The molecule has 6 nitrogen and oxygen atoms in total. The highest BCUT2D eigenvalue weighted by Crippen LogP contribution is 2.33. The van der Waals surface area contributed by atoms with Gasteiger partial charge in [0.2, 0.25) is 0 Å². The first-order chi connectivity index (χ1) is 22.4. The summed E-state index contributed by atoms with van der Waals surface area (Å²) in [6.07, 6.45) is -1.46. The summed E-state index contributed by atoms with van der Waals surface area (Å²) in [7, 11) is 2.04. The largest absolute Gasteiger partial charge is 0.416 e. The quantitative estimate of drug-likeness (QED) is 0.0985. The van der Waals surface area contributed by atoms with E-state index in [1.54, 1.807) is 12.1 Å². The third-order valence-corrected chi connectivity index (χ3v) is 9.61. The third-order valence-electron chi connectivity index (χ3n) is 8.63. The standard InChI is InChI=1S/C36H40F4N6S/c1-24(2)44(4)21-33-42-43-34(22-45(32-7-5-6-25(32)3)35(41)47-23-27-10-18-31(37)19-11-27)46(33)20-26-8-12-28(13-9-26)29-14-16-30(17-15-29)36(38,39)40/h8-19,24,41H,5-7,20-23H2,1-4H3. The van der Waals surface area contributed by atoms with Crippen molar-refractivity contribution in [3.05, 3.63) is 118 Å². The van der Waals surface area contributed by atoms with Crippen LogP contribution in [0.4, 0.5) is 17.6 Å². The van der Waals surface area contributed by atoms with Gasteiger partial charge in [0.15, 0.2) is 11.0 Å². The van der Waals surface area contributed by atoms with Gasteiger partial charge in [-0.3, -0.25) is 10.3 Å². The molecule has 1 aliphatic rings. The van der Waals surface area contributed by atoms with Crippen molar-refractivity contribution in [2.75, 3.05) is 7.05 Å². The zero-order valence-electron chi connectivity index (χ0n) is 27.1. The molecule has 248 valence electrons. The van der Waals surface area contributed by atoms with Crippen LogP contribution < -0.4 is 0 Å². The second-order valence-electron chi connectivity index (χ2n) is 12.3. The Hall–Kier alpha value is -3.96. The lowest BCUT2D eigenvalue weighted by molar-refractivity contribution is -0.137. The Kier molecular flexibility index (Phi) is 10.9. The average molecular weight is 665 g/mol. The van der Waals surface area contributed by atoms with Crippen LogP contribution in [0, 0.1) is 11.2 Å². The molecule has 1 N–H and O–H groups in total. The first-order valence-electron chi connectivity index (χ1n) is 15.7. The Morgan fingerprint density at radius 2 is 1.45 bits per heavy atom. The summed E-state index contributed by atoms with van der Waals surface area (Å²) >= 11 is 1.41. The number of thioether (sulfide) groups is 1. The number of aromatic nitrogens is 3. The fourth-order valence-electron chi connectivity index (χ4n) is 5.52. The molecule has 0 saturated carbocycles. The predicted molar refractivity (Wildman–Crippen MR) is 180 cm³/mol. The molecular formula is C36H40F4N6S. The number of amidine groups is 1. The summed E-state index contributed by atoms with van der Waals surface area (Å²) in [5.74, 6) is 1.81. The summed E-state index contributed by atoms with van der Waals surface area (Å²) in [6.45, 7) is 7.84. The van der Waals surface area contributed by atoms with E-state index in [0.29, 0.717) is 42.2 Å². The Labute approximate surface area is 278 Å². The van der Waals surface area contributed by atoms with Crippen LogP contribution in [0.15, 0.2) is 84.1 Å². The van der Waals surface area contributed by atoms with Crippen molar-refractivity contribution < 1.29 is 17.6 Å². The minimum absolute atomic E-state index is 0.283. The molecule has 0 atom stereocenters. The van der Waals surface area contributed by atoms with Crippen LogP contribution in [-0.2, 0) is 31.6 Å². The van der Waals surface area contributed by atoms with Crippen LogP contribution in [0.25, 0.3) is 11.1 Å². The number of alkyl halides is 3. The highest BCUT2D eigenvalue weighted by Gasteiger charge is 2.30. The number of nitrogens with zero attached hydrogens (tertiary/aromatic N) is 5. The second kappa shape index (κ2) is 14.9.